The first-order chi connectivity index (χ1) is 12.3. The van der Waals surface area contributed by atoms with Crippen LogP contribution in [0, 0.1) is 5.41 Å². The second kappa shape index (κ2) is 8.76. The Morgan fingerprint density at radius 2 is 1.78 bits per heavy atom. The van der Waals surface area contributed by atoms with Crippen LogP contribution < -0.4 is 5.32 Å². The van der Waals surface area contributed by atoms with Gasteiger partial charge in [-0.25, -0.2) is 0 Å². The zero-order valence-corrected chi connectivity index (χ0v) is 19.1. The molecule has 1 amide bonds. The van der Waals surface area contributed by atoms with Gasteiger partial charge in [0.1, 0.15) is 0 Å². The van der Waals surface area contributed by atoms with Crippen LogP contribution in [0.25, 0.3) is 0 Å². The van der Waals surface area contributed by atoms with Gasteiger partial charge in [0, 0.05) is 18.5 Å². The molecule has 1 unspecified atom stereocenters. The summed E-state index contributed by atoms with van der Waals surface area (Å²) in [4.78, 5) is 21.0. The van der Waals surface area contributed by atoms with Crippen molar-refractivity contribution in [2.75, 3.05) is 33.7 Å². The van der Waals surface area contributed by atoms with Crippen molar-refractivity contribution in [3.63, 3.8) is 0 Å². The van der Waals surface area contributed by atoms with Crippen molar-refractivity contribution < 1.29 is 14.7 Å². The van der Waals surface area contributed by atoms with Crippen LogP contribution in [0.1, 0.15) is 74.1 Å². The second-order valence-electron chi connectivity index (χ2n) is 9.49. The number of hydrogen-bond donors (Lipinski definition) is 2. The number of carbonyl (C=O) groups excluding carboxylic acids is 1. The highest BCUT2D eigenvalue weighted by Crippen LogP contribution is 2.53. The Balaban J connectivity index is 2.84. The number of nitrogens with one attached hydrogen (secondary N) is 1. The topological polar surface area (TPSA) is 65.0 Å². The first kappa shape index (κ1) is 24.3. The number of piperidine rings is 1. The van der Waals surface area contributed by atoms with Crippen molar-refractivity contribution in [2.24, 2.45) is 5.41 Å². The minimum absolute atomic E-state index is 0.125. The first-order valence-corrected chi connectivity index (χ1v) is 10.4. The summed E-state index contributed by atoms with van der Waals surface area (Å²) in [5.74, 6) is -0.125. The van der Waals surface area contributed by atoms with Crippen LogP contribution in [0.2, 0.25) is 0 Å². The van der Waals surface area contributed by atoms with Crippen LogP contribution in [0.15, 0.2) is 0 Å². The maximum Gasteiger partial charge on any atom is 0.253 e. The van der Waals surface area contributed by atoms with Gasteiger partial charge in [-0.3, -0.25) is 9.63 Å². The zero-order chi connectivity index (χ0) is 21.1. The van der Waals surface area contributed by atoms with Crippen LogP contribution in [0.4, 0.5) is 0 Å². The molecule has 1 aliphatic heterocycles. The monoisotopic (exact) mass is 385 g/mol. The number of nitrogens with zero attached hydrogens (tertiary/aromatic N) is 2. The Morgan fingerprint density at radius 1 is 1.22 bits per heavy atom. The number of hydrogen-bond acceptors (Lipinski definition) is 5. The number of rotatable bonds is 9. The highest BCUT2D eigenvalue weighted by atomic mass is 16.7. The van der Waals surface area contributed by atoms with Crippen LogP contribution in [0.3, 0.4) is 0 Å². The van der Waals surface area contributed by atoms with E-state index in [1.54, 1.807) is 13.8 Å². The summed E-state index contributed by atoms with van der Waals surface area (Å²) in [5, 5.41) is 16.3. The van der Waals surface area contributed by atoms with Crippen molar-refractivity contribution in [3.8, 4) is 0 Å². The van der Waals surface area contributed by atoms with E-state index >= 15 is 0 Å². The molecule has 1 atom stereocenters. The van der Waals surface area contributed by atoms with Gasteiger partial charge in [-0.15, -0.1) is 0 Å². The van der Waals surface area contributed by atoms with Gasteiger partial charge in [0.25, 0.3) is 5.91 Å². The molecule has 0 aliphatic carbocycles. The summed E-state index contributed by atoms with van der Waals surface area (Å²) in [6, 6.07) is 0. The van der Waals surface area contributed by atoms with Crippen molar-refractivity contribution in [2.45, 2.75) is 90.9 Å². The molecule has 6 nitrogen and oxygen atoms in total. The third-order valence-corrected chi connectivity index (χ3v) is 6.95. The van der Waals surface area contributed by atoms with Crippen molar-refractivity contribution in [1.82, 2.24) is 15.3 Å². The van der Waals surface area contributed by atoms with Gasteiger partial charge in [0.05, 0.1) is 11.1 Å². The van der Waals surface area contributed by atoms with E-state index in [0.717, 1.165) is 32.2 Å². The maximum absolute atomic E-state index is 12.7. The van der Waals surface area contributed by atoms with Gasteiger partial charge in [-0.1, -0.05) is 13.8 Å². The normalized spacial score (nSPS) is 25.6. The smallest absolute Gasteiger partial charge is 0.253 e. The molecule has 0 radical (unpaired) electrons. The SMILES string of the molecule is CCC1(CC)CCN(OC(C)(C)C(=O)NCCCN(C)C)C(C)(C)C1(C)O. The molecule has 27 heavy (non-hydrogen) atoms. The minimum atomic E-state index is -0.996. The van der Waals surface area contributed by atoms with Gasteiger partial charge in [-0.2, -0.15) is 5.06 Å². The summed E-state index contributed by atoms with van der Waals surface area (Å²) in [7, 11) is 4.04. The average molecular weight is 386 g/mol. The number of aliphatic hydroxyl groups is 1. The molecule has 0 bridgehead atoms. The maximum atomic E-state index is 12.7. The van der Waals surface area contributed by atoms with Crippen molar-refractivity contribution >= 4 is 5.91 Å². The lowest BCUT2D eigenvalue weighted by molar-refractivity contribution is -0.338. The summed E-state index contributed by atoms with van der Waals surface area (Å²) in [5.41, 5.74) is -2.68. The van der Waals surface area contributed by atoms with E-state index in [1.165, 1.54) is 0 Å². The van der Waals surface area contributed by atoms with Crippen LogP contribution in [-0.4, -0.2) is 71.4 Å². The Hall–Kier alpha value is -0.690. The molecule has 0 saturated carbocycles. The van der Waals surface area contributed by atoms with Gasteiger partial charge < -0.3 is 15.3 Å². The lowest BCUT2D eigenvalue weighted by Gasteiger charge is -2.61. The molecule has 1 heterocycles. The standard InChI is InChI=1S/C21H43N3O3/c1-10-21(11-2)13-16-24(19(5,6)20(21,7)26)27-18(3,4)17(25)22-14-12-15-23(8)9/h26H,10-16H2,1-9H3,(H,22,25). The first-order valence-electron chi connectivity index (χ1n) is 10.4. The summed E-state index contributed by atoms with van der Waals surface area (Å²) in [6.07, 6.45) is 3.58. The fourth-order valence-electron chi connectivity index (χ4n) is 4.31. The summed E-state index contributed by atoms with van der Waals surface area (Å²) in [6.45, 7) is 16.1. The van der Waals surface area contributed by atoms with E-state index in [9.17, 15) is 9.90 Å². The number of hydroxylamine groups is 2. The molecular weight excluding hydrogens is 342 g/mol. The molecule has 0 aromatic rings. The van der Waals surface area contributed by atoms with Gasteiger partial charge in [-0.05, 0) is 80.9 Å². The third kappa shape index (κ3) is 4.84. The summed E-state index contributed by atoms with van der Waals surface area (Å²) < 4.78 is 0. The summed E-state index contributed by atoms with van der Waals surface area (Å²) >= 11 is 0. The van der Waals surface area contributed by atoms with E-state index < -0.39 is 16.7 Å². The lowest BCUT2D eigenvalue weighted by Crippen LogP contribution is -2.71. The van der Waals surface area contributed by atoms with E-state index in [0.29, 0.717) is 13.1 Å². The van der Waals surface area contributed by atoms with Gasteiger partial charge in [0.15, 0.2) is 5.60 Å². The van der Waals surface area contributed by atoms with Gasteiger partial charge in [0.2, 0.25) is 0 Å². The van der Waals surface area contributed by atoms with E-state index in [1.807, 2.05) is 39.9 Å². The predicted molar refractivity (Wildman–Crippen MR) is 110 cm³/mol. The molecule has 1 fully saturated rings. The zero-order valence-electron chi connectivity index (χ0n) is 19.1. The largest absolute Gasteiger partial charge is 0.388 e. The Labute approximate surface area is 166 Å². The Morgan fingerprint density at radius 3 is 2.26 bits per heavy atom. The van der Waals surface area contributed by atoms with E-state index in [2.05, 4.69) is 24.1 Å². The highest BCUT2D eigenvalue weighted by molar-refractivity contribution is 5.84. The van der Waals surface area contributed by atoms with E-state index in [4.69, 9.17) is 4.84 Å². The highest BCUT2D eigenvalue weighted by Gasteiger charge is 2.60. The molecule has 0 aromatic carbocycles. The van der Waals surface area contributed by atoms with E-state index in [-0.39, 0.29) is 11.3 Å². The van der Waals surface area contributed by atoms with Gasteiger partial charge >= 0.3 is 0 Å². The van der Waals surface area contributed by atoms with Crippen molar-refractivity contribution in [1.29, 1.82) is 0 Å². The van der Waals surface area contributed by atoms with Crippen LogP contribution in [-0.2, 0) is 9.63 Å². The molecular formula is C21H43N3O3. The molecule has 0 aromatic heterocycles. The van der Waals surface area contributed by atoms with Crippen LogP contribution >= 0.6 is 0 Å². The third-order valence-electron chi connectivity index (χ3n) is 6.95. The molecule has 2 N–H and O–H groups in total. The Kier molecular flexibility index (Phi) is 7.90. The van der Waals surface area contributed by atoms with Crippen molar-refractivity contribution in [3.05, 3.63) is 0 Å². The number of carbonyl (C=O) groups is 1. The fourth-order valence-corrected chi connectivity index (χ4v) is 4.31. The second-order valence-corrected chi connectivity index (χ2v) is 9.49. The quantitative estimate of drug-likeness (QED) is 0.598. The number of amides is 1. The Bertz CT molecular complexity index is 497. The predicted octanol–water partition coefficient (Wildman–Crippen LogP) is 2.81. The molecule has 6 heteroatoms. The average Bonchev–Trinajstić information content (AvgIpc) is 2.56. The fraction of sp³-hybridized carbons (Fsp3) is 0.952. The van der Waals surface area contributed by atoms with Crippen LogP contribution in [0.5, 0.6) is 0 Å². The lowest BCUT2D eigenvalue weighted by atomic mass is 9.57. The minimum Gasteiger partial charge on any atom is -0.388 e. The molecule has 1 saturated heterocycles. The molecule has 0 spiro atoms. The molecule has 1 rings (SSSR count). The molecule has 160 valence electrons. The molecule has 1 aliphatic rings.